The Morgan fingerprint density at radius 1 is 1.16 bits per heavy atom. The molecule has 98 valence electrons. The zero-order chi connectivity index (χ0) is 13.7. The van der Waals surface area contributed by atoms with Crippen LogP contribution in [-0.2, 0) is 4.79 Å². The second-order valence-corrected chi connectivity index (χ2v) is 5.21. The summed E-state index contributed by atoms with van der Waals surface area (Å²) in [4.78, 5) is 12.7. The summed E-state index contributed by atoms with van der Waals surface area (Å²) in [5.41, 5.74) is 0.103. The number of carbonyl (C=O) groups is 1. The predicted octanol–water partition coefficient (Wildman–Crippen LogP) is 4.21. The highest BCUT2D eigenvalue weighted by atomic mass is 35.5. The summed E-state index contributed by atoms with van der Waals surface area (Å²) in [6.45, 7) is 0. The number of carbonyl (C=O) groups excluding carboxylic acids is 1. The van der Waals surface area contributed by atoms with Crippen molar-refractivity contribution in [3.63, 3.8) is 0 Å². The van der Waals surface area contributed by atoms with Gasteiger partial charge in [-0.3, -0.25) is 4.79 Å². The molecule has 0 radical (unpaired) electrons. The van der Waals surface area contributed by atoms with Gasteiger partial charge in [-0.25, -0.2) is 4.39 Å². The molecule has 0 saturated heterocycles. The van der Waals surface area contributed by atoms with E-state index >= 15 is 0 Å². The van der Waals surface area contributed by atoms with Crippen LogP contribution in [0.5, 0.6) is 0 Å². The first-order chi connectivity index (χ1) is 9.16. The summed E-state index contributed by atoms with van der Waals surface area (Å²) >= 11 is 7.03. The van der Waals surface area contributed by atoms with Gasteiger partial charge in [0.05, 0.1) is 16.5 Å². The summed E-state index contributed by atoms with van der Waals surface area (Å²) in [6, 6.07) is 14.0. The standard InChI is InChI=1S/C14H11ClFNOS/c15-11-7-4-8-12(14(11)16)17-13(18)9-19-10-5-2-1-3-6-10/h1-8H,9H2,(H,17,18). The molecule has 2 rings (SSSR count). The van der Waals surface area contributed by atoms with Gasteiger partial charge in [-0.1, -0.05) is 35.9 Å². The molecule has 1 N–H and O–H groups in total. The van der Waals surface area contributed by atoms with E-state index in [1.807, 2.05) is 30.3 Å². The average molecular weight is 296 g/mol. The SMILES string of the molecule is O=C(CSc1ccccc1)Nc1cccc(Cl)c1F. The largest absolute Gasteiger partial charge is 0.323 e. The topological polar surface area (TPSA) is 29.1 Å². The summed E-state index contributed by atoms with van der Waals surface area (Å²) < 4.78 is 13.6. The monoisotopic (exact) mass is 295 g/mol. The molecule has 0 atom stereocenters. The second kappa shape index (κ2) is 6.59. The van der Waals surface area contributed by atoms with E-state index < -0.39 is 5.82 Å². The van der Waals surface area contributed by atoms with E-state index in [1.54, 1.807) is 6.07 Å². The predicted molar refractivity (Wildman–Crippen MR) is 77.2 cm³/mol. The number of amides is 1. The fourth-order valence-corrected chi connectivity index (χ4v) is 2.35. The lowest BCUT2D eigenvalue weighted by Gasteiger charge is -2.07. The van der Waals surface area contributed by atoms with Crippen LogP contribution in [0.1, 0.15) is 0 Å². The molecule has 0 aliphatic carbocycles. The van der Waals surface area contributed by atoms with Crippen molar-refractivity contribution < 1.29 is 9.18 Å². The van der Waals surface area contributed by atoms with E-state index in [0.29, 0.717) is 0 Å². The molecular weight excluding hydrogens is 285 g/mol. The minimum Gasteiger partial charge on any atom is -0.323 e. The van der Waals surface area contributed by atoms with Crippen LogP contribution >= 0.6 is 23.4 Å². The van der Waals surface area contributed by atoms with Crippen molar-refractivity contribution in [2.75, 3.05) is 11.1 Å². The van der Waals surface area contributed by atoms with Crippen molar-refractivity contribution in [1.29, 1.82) is 0 Å². The first-order valence-corrected chi connectivity index (χ1v) is 6.95. The summed E-state index contributed by atoms with van der Waals surface area (Å²) in [6.07, 6.45) is 0. The molecule has 0 aliphatic heterocycles. The third kappa shape index (κ3) is 3.98. The molecule has 0 fully saturated rings. The van der Waals surface area contributed by atoms with Gasteiger partial charge in [0, 0.05) is 4.90 Å². The van der Waals surface area contributed by atoms with Gasteiger partial charge in [0.2, 0.25) is 5.91 Å². The summed E-state index contributed by atoms with van der Waals surface area (Å²) in [7, 11) is 0. The Kier molecular flexibility index (Phi) is 4.82. The highest BCUT2D eigenvalue weighted by Crippen LogP contribution is 2.23. The number of halogens is 2. The third-order valence-corrected chi connectivity index (χ3v) is 3.64. The van der Waals surface area contributed by atoms with Gasteiger partial charge in [-0.15, -0.1) is 11.8 Å². The lowest BCUT2D eigenvalue weighted by atomic mass is 10.3. The number of anilines is 1. The molecule has 0 heterocycles. The third-order valence-electron chi connectivity index (χ3n) is 2.34. The van der Waals surface area contributed by atoms with Crippen LogP contribution in [0, 0.1) is 5.82 Å². The van der Waals surface area contributed by atoms with E-state index in [2.05, 4.69) is 5.32 Å². The molecule has 0 saturated carbocycles. The number of nitrogens with one attached hydrogen (secondary N) is 1. The maximum atomic E-state index is 13.6. The minimum absolute atomic E-state index is 0.00601. The zero-order valence-corrected chi connectivity index (χ0v) is 11.5. The van der Waals surface area contributed by atoms with Crippen molar-refractivity contribution in [3.8, 4) is 0 Å². The van der Waals surface area contributed by atoms with Gasteiger partial charge in [0.1, 0.15) is 0 Å². The molecule has 0 aromatic heterocycles. The van der Waals surface area contributed by atoms with E-state index in [4.69, 9.17) is 11.6 Å². The number of thioether (sulfide) groups is 1. The summed E-state index contributed by atoms with van der Waals surface area (Å²) in [5, 5.41) is 2.50. The number of rotatable bonds is 4. The van der Waals surface area contributed by atoms with Crippen molar-refractivity contribution in [2.24, 2.45) is 0 Å². The highest BCUT2D eigenvalue weighted by molar-refractivity contribution is 8.00. The quantitative estimate of drug-likeness (QED) is 0.856. The molecule has 2 aromatic rings. The Labute approximate surface area is 120 Å². The Morgan fingerprint density at radius 2 is 1.89 bits per heavy atom. The van der Waals surface area contributed by atoms with Crippen LogP contribution in [0.25, 0.3) is 0 Å². The highest BCUT2D eigenvalue weighted by Gasteiger charge is 2.09. The molecule has 5 heteroatoms. The minimum atomic E-state index is -0.609. The fraction of sp³-hybridized carbons (Fsp3) is 0.0714. The van der Waals surface area contributed by atoms with E-state index in [-0.39, 0.29) is 22.4 Å². The van der Waals surface area contributed by atoms with Crippen LogP contribution < -0.4 is 5.32 Å². The second-order valence-electron chi connectivity index (χ2n) is 3.75. The van der Waals surface area contributed by atoms with Crippen LogP contribution in [-0.4, -0.2) is 11.7 Å². The van der Waals surface area contributed by atoms with Crippen molar-refractivity contribution in [3.05, 3.63) is 59.4 Å². The first kappa shape index (κ1) is 13.9. The van der Waals surface area contributed by atoms with E-state index in [9.17, 15) is 9.18 Å². The Balaban J connectivity index is 1.93. The maximum Gasteiger partial charge on any atom is 0.234 e. The molecular formula is C14H11ClFNOS. The molecule has 0 spiro atoms. The molecule has 1 amide bonds. The van der Waals surface area contributed by atoms with Crippen molar-refractivity contribution in [2.45, 2.75) is 4.90 Å². The molecule has 2 nitrogen and oxygen atoms in total. The van der Waals surface area contributed by atoms with Crippen LogP contribution in [0.4, 0.5) is 10.1 Å². The molecule has 0 aliphatic rings. The zero-order valence-electron chi connectivity index (χ0n) is 9.90. The van der Waals surface area contributed by atoms with Gasteiger partial charge >= 0.3 is 0 Å². The van der Waals surface area contributed by atoms with Gasteiger partial charge in [0.15, 0.2) is 5.82 Å². The van der Waals surface area contributed by atoms with Gasteiger partial charge in [0.25, 0.3) is 0 Å². The average Bonchev–Trinajstić information content (AvgIpc) is 2.43. The Bertz CT molecular complexity index is 577. The molecule has 0 unspecified atom stereocenters. The van der Waals surface area contributed by atoms with Crippen molar-refractivity contribution in [1.82, 2.24) is 0 Å². The molecule has 19 heavy (non-hydrogen) atoms. The first-order valence-electron chi connectivity index (χ1n) is 5.58. The number of benzene rings is 2. The fourth-order valence-electron chi connectivity index (χ4n) is 1.45. The molecule has 2 aromatic carbocycles. The number of hydrogen-bond donors (Lipinski definition) is 1. The lowest BCUT2D eigenvalue weighted by Crippen LogP contribution is -2.15. The normalized spacial score (nSPS) is 10.2. The van der Waals surface area contributed by atoms with Crippen LogP contribution in [0.3, 0.4) is 0 Å². The number of hydrogen-bond acceptors (Lipinski definition) is 2. The smallest absolute Gasteiger partial charge is 0.234 e. The molecule has 0 bridgehead atoms. The maximum absolute atomic E-state index is 13.6. The lowest BCUT2D eigenvalue weighted by molar-refractivity contribution is -0.113. The van der Waals surface area contributed by atoms with Gasteiger partial charge in [-0.05, 0) is 24.3 Å². The van der Waals surface area contributed by atoms with E-state index in [1.165, 1.54) is 23.9 Å². The van der Waals surface area contributed by atoms with Gasteiger partial charge < -0.3 is 5.32 Å². The van der Waals surface area contributed by atoms with Gasteiger partial charge in [-0.2, -0.15) is 0 Å². The summed E-state index contributed by atoms with van der Waals surface area (Å²) in [5.74, 6) is -0.659. The van der Waals surface area contributed by atoms with Crippen LogP contribution in [0.15, 0.2) is 53.4 Å². The van der Waals surface area contributed by atoms with Crippen LogP contribution in [0.2, 0.25) is 5.02 Å². The van der Waals surface area contributed by atoms with E-state index in [0.717, 1.165) is 4.90 Å². The Morgan fingerprint density at radius 3 is 2.63 bits per heavy atom. The Hall–Kier alpha value is -1.52. The van der Waals surface area contributed by atoms with Crippen molar-refractivity contribution >= 4 is 35.0 Å².